The molecule has 9 N–H and O–H groups in total. The lowest BCUT2D eigenvalue weighted by Gasteiger charge is -2.50. The number of azide groups is 1. The van der Waals surface area contributed by atoms with Gasteiger partial charge in [-0.15, -0.1) is 0 Å². The van der Waals surface area contributed by atoms with E-state index in [1.165, 1.54) is 42.7 Å². The number of carboxylic acid groups (broad SMARTS) is 2. The van der Waals surface area contributed by atoms with E-state index in [0.717, 1.165) is 7.11 Å². The van der Waals surface area contributed by atoms with E-state index in [4.69, 9.17) is 75.8 Å². The van der Waals surface area contributed by atoms with E-state index in [1.54, 1.807) is 0 Å². The van der Waals surface area contributed by atoms with Crippen molar-refractivity contribution >= 4 is 11.9 Å². The minimum absolute atomic E-state index is 0.618. The zero-order valence-corrected chi connectivity index (χ0v) is 37.3. The molecule has 5 fully saturated rings. The maximum atomic E-state index is 12.8. The van der Waals surface area contributed by atoms with Gasteiger partial charge in [0.1, 0.15) is 104 Å². The van der Waals surface area contributed by atoms with Crippen LogP contribution >= 0.6 is 0 Å². The van der Waals surface area contributed by atoms with Gasteiger partial charge in [0.05, 0.1) is 25.9 Å². The molecule has 386 valence electrons. The first-order chi connectivity index (χ1) is 32.1. The second kappa shape index (κ2) is 24.9. The number of aliphatic hydroxyl groups is 7. The Bertz CT molecular complexity index is 1620. The third-order valence-electron chi connectivity index (χ3n) is 12.1. The minimum atomic E-state index is -2.12. The summed E-state index contributed by atoms with van der Waals surface area (Å²) in [5, 5.41) is 99.4. The van der Waals surface area contributed by atoms with E-state index in [0.29, 0.717) is 0 Å². The molecule has 5 heterocycles. The van der Waals surface area contributed by atoms with Crippen molar-refractivity contribution in [3.05, 3.63) is 10.4 Å². The minimum Gasteiger partial charge on any atom is -0.479 e. The fourth-order valence-corrected chi connectivity index (χ4v) is 8.83. The van der Waals surface area contributed by atoms with Crippen LogP contribution in [0.3, 0.4) is 0 Å². The van der Waals surface area contributed by atoms with Crippen molar-refractivity contribution in [2.75, 3.05) is 69.6 Å². The van der Waals surface area contributed by atoms with Gasteiger partial charge in [0.2, 0.25) is 0 Å². The smallest absolute Gasteiger partial charge is 0.335 e. The van der Waals surface area contributed by atoms with Crippen LogP contribution in [0.5, 0.6) is 0 Å². The van der Waals surface area contributed by atoms with Crippen LogP contribution in [0, 0.1) is 0 Å². The second-order valence-corrected chi connectivity index (χ2v) is 15.7. The maximum Gasteiger partial charge on any atom is 0.335 e. The quantitative estimate of drug-likeness (QED) is 0.0294. The van der Waals surface area contributed by atoms with Gasteiger partial charge in [0, 0.05) is 54.7 Å². The molecule has 5 saturated heterocycles. The molecular weight excluding hydrogens is 918 g/mol. The summed E-state index contributed by atoms with van der Waals surface area (Å²) in [6, 6.07) is -1.31. The number of hydrogen-bond donors (Lipinski definition) is 9. The molecule has 5 aliphatic rings. The van der Waals surface area contributed by atoms with Gasteiger partial charge in [-0.3, -0.25) is 0 Å². The molecule has 0 spiro atoms. The Morgan fingerprint density at radius 2 is 0.806 bits per heavy atom. The van der Waals surface area contributed by atoms with E-state index in [1.807, 2.05) is 0 Å². The van der Waals surface area contributed by atoms with Crippen molar-refractivity contribution in [1.29, 1.82) is 0 Å². The summed E-state index contributed by atoms with van der Waals surface area (Å²) in [6.07, 6.45) is -38.6. The molecule has 0 aromatic rings. The lowest BCUT2D eigenvalue weighted by Crippen LogP contribution is -2.69. The Labute approximate surface area is 381 Å². The summed E-state index contributed by atoms with van der Waals surface area (Å²) in [6.45, 7) is -2.32. The van der Waals surface area contributed by atoms with Crippen molar-refractivity contribution in [1.82, 2.24) is 0 Å². The monoisotopic (exact) mass is 979 g/mol. The third kappa shape index (κ3) is 11.4. The Kier molecular flexibility index (Phi) is 20.6. The molecule has 0 aliphatic carbocycles. The lowest BCUT2D eigenvalue weighted by atomic mass is 9.94. The predicted molar refractivity (Wildman–Crippen MR) is 208 cm³/mol. The topological polar surface area (TPSA) is 413 Å². The van der Waals surface area contributed by atoms with Crippen LogP contribution in [-0.4, -0.2) is 281 Å². The summed E-state index contributed by atoms with van der Waals surface area (Å²) in [5.74, 6) is -3.31. The van der Waals surface area contributed by atoms with Crippen LogP contribution in [0.25, 0.3) is 10.4 Å². The van der Waals surface area contributed by atoms with Gasteiger partial charge in [-0.2, -0.15) is 0 Å². The highest BCUT2D eigenvalue weighted by atomic mass is 16.8. The number of ether oxygens (including phenoxy) is 16. The van der Waals surface area contributed by atoms with E-state index < -0.39 is 185 Å². The van der Waals surface area contributed by atoms with Crippen molar-refractivity contribution < 1.29 is 131 Å². The molecule has 30 heteroatoms. The molecule has 0 saturated carbocycles. The van der Waals surface area contributed by atoms with E-state index in [9.17, 15) is 61.1 Å². The standard InChI is InChI=1S/C37H61N3O27/c1-52-21-13(10-43)59-33(14(39-40-38)22(21)53-2)64-25-23(54-3)29(56-5)36(66-27(25)31(48)49)63-20-12(9-42)61-35(18(47)16(20)45)65-26-24(55-4)30(57-6)37(67-28(26)32(50)51)62-19-11(8-41)60-34(58-7)17(46)15(19)44/h11-30,33-37,41-47H,8-10H2,1-7H3,(H,48,49)(H,50,51)/t11?,12-,13?,14?,15+,16?,17?,18?,19+,20+,21-,22+,23-,24?,25-,26-,27?,28+,29?,30?,33-,34-,35+,36+,37-/m0/s1. The molecular formula is C37H61N3O27. The molecule has 0 aromatic heterocycles. The summed E-state index contributed by atoms with van der Waals surface area (Å²) in [4.78, 5) is 28.4. The Morgan fingerprint density at radius 1 is 0.448 bits per heavy atom. The first-order valence-electron chi connectivity index (χ1n) is 20.7. The molecule has 0 aromatic carbocycles. The average molecular weight is 980 g/mol. The van der Waals surface area contributed by atoms with Crippen LogP contribution in [0.2, 0.25) is 0 Å². The number of aliphatic carboxylic acids is 2. The normalized spacial score (nSPS) is 46.1. The van der Waals surface area contributed by atoms with E-state index in [2.05, 4.69) is 10.0 Å². The van der Waals surface area contributed by atoms with Gasteiger partial charge < -0.3 is 122 Å². The fourth-order valence-electron chi connectivity index (χ4n) is 8.83. The second-order valence-electron chi connectivity index (χ2n) is 15.7. The first kappa shape index (κ1) is 55.3. The molecule has 0 radical (unpaired) electrons. The number of carbonyl (C=O) groups is 2. The van der Waals surface area contributed by atoms with Crippen LogP contribution in [0.4, 0.5) is 0 Å². The average Bonchev–Trinajstić information content (AvgIpc) is 3.32. The van der Waals surface area contributed by atoms with Crippen molar-refractivity contribution in [2.24, 2.45) is 5.11 Å². The highest BCUT2D eigenvalue weighted by Crippen LogP contribution is 2.38. The Hall–Kier alpha value is -2.67. The van der Waals surface area contributed by atoms with Gasteiger partial charge in [0.15, 0.2) is 43.7 Å². The zero-order valence-electron chi connectivity index (χ0n) is 37.3. The summed E-state index contributed by atoms with van der Waals surface area (Å²) < 4.78 is 91.1. The molecule has 0 bridgehead atoms. The third-order valence-corrected chi connectivity index (χ3v) is 12.1. The van der Waals surface area contributed by atoms with Crippen LogP contribution in [0.15, 0.2) is 5.11 Å². The largest absolute Gasteiger partial charge is 0.479 e. The van der Waals surface area contributed by atoms with Crippen molar-refractivity contribution in [3.8, 4) is 0 Å². The molecule has 10 unspecified atom stereocenters. The Balaban J connectivity index is 1.35. The SMILES string of the molecule is COC1C(OC)[C@H](O[C@H]2O[C@@H](CO)[C@@H](O[C@@H]3OC(C(=O)O)[C@@H](O[C@@H]4OC(CO)[C@H](OC)[C@H](OC)C4N=[N+]=[N-])[C@H](OC)C3OC)C(O)C2O)[C@H](C(=O)O)O[C@@H]1O[C@@H]1C(CO)O[C@H](OC)C(O)[C@H]1O. The van der Waals surface area contributed by atoms with Gasteiger partial charge in [-0.25, -0.2) is 9.59 Å². The van der Waals surface area contributed by atoms with Gasteiger partial charge in [-0.1, -0.05) is 5.11 Å². The van der Waals surface area contributed by atoms with Crippen LogP contribution < -0.4 is 0 Å². The van der Waals surface area contributed by atoms with Crippen LogP contribution in [-0.2, 0) is 85.4 Å². The Morgan fingerprint density at radius 3 is 1.18 bits per heavy atom. The van der Waals surface area contributed by atoms with Crippen molar-refractivity contribution in [3.63, 3.8) is 0 Å². The number of rotatable bonds is 21. The van der Waals surface area contributed by atoms with E-state index in [-0.39, 0.29) is 0 Å². The molecule has 5 aliphatic heterocycles. The molecule has 0 amide bonds. The van der Waals surface area contributed by atoms with E-state index >= 15 is 0 Å². The zero-order chi connectivity index (χ0) is 49.4. The predicted octanol–water partition coefficient (Wildman–Crippen LogP) is -5.84. The van der Waals surface area contributed by atoms with Gasteiger partial charge in [-0.05, 0) is 5.53 Å². The number of carboxylic acids is 2. The molecule has 25 atom stereocenters. The van der Waals surface area contributed by atoms with Gasteiger partial charge in [0.25, 0.3) is 0 Å². The van der Waals surface area contributed by atoms with Crippen molar-refractivity contribution in [2.45, 2.75) is 153 Å². The highest BCUT2D eigenvalue weighted by molar-refractivity contribution is 5.74. The maximum absolute atomic E-state index is 12.8. The molecule has 5 rings (SSSR count). The summed E-state index contributed by atoms with van der Waals surface area (Å²) in [7, 11) is 8.44. The van der Waals surface area contributed by atoms with Gasteiger partial charge >= 0.3 is 11.9 Å². The number of methoxy groups -OCH3 is 7. The summed E-state index contributed by atoms with van der Waals surface area (Å²) in [5.41, 5.74) is 9.38. The molecule has 30 nitrogen and oxygen atoms in total. The fraction of sp³-hybridized carbons (Fsp3) is 0.946. The first-order valence-corrected chi connectivity index (χ1v) is 20.7. The number of aliphatic hydroxyl groups excluding tert-OH is 7. The molecule has 67 heavy (non-hydrogen) atoms. The number of hydrogen-bond acceptors (Lipinski definition) is 26. The van der Waals surface area contributed by atoms with Crippen LogP contribution in [0.1, 0.15) is 0 Å². The summed E-state index contributed by atoms with van der Waals surface area (Å²) >= 11 is 0. The highest BCUT2D eigenvalue weighted by Gasteiger charge is 2.59. The lowest BCUT2D eigenvalue weighted by molar-refractivity contribution is -0.389. The number of nitrogens with zero attached hydrogens (tertiary/aromatic N) is 3.